The number of ketones is 3. The number of methoxy groups -OCH3 is 3. The minimum atomic E-state index is -0.751. The van der Waals surface area contributed by atoms with Crippen molar-refractivity contribution in [2.24, 2.45) is 53.3 Å². The number of carbonyl (C=O) groups excluding carboxylic acids is 10. The van der Waals surface area contributed by atoms with Crippen LogP contribution < -0.4 is 46.1 Å². The lowest BCUT2D eigenvalue weighted by molar-refractivity contribution is -0.129. The van der Waals surface area contributed by atoms with Crippen molar-refractivity contribution in [2.45, 2.75) is 207 Å². The third-order valence-corrected chi connectivity index (χ3v) is 22.7. The van der Waals surface area contributed by atoms with Gasteiger partial charge in [0.1, 0.15) is 35.6 Å². The lowest BCUT2D eigenvalue weighted by atomic mass is 9.89. The first-order chi connectivity index (χ1) is 54.4. The molecule has 1 aliphatic carbocycles. The molecule has 610 valence electrons. The molecule has 3 aromatic heterocycles. The average molecular weight is 1550 g/mol. The number of aromatic amines is 3. The predicted octanol–water partition coefficient (Wildman–Crippen LogP) is 11.4. The summed E-state index contributed by atoms with van der Waals surface area (Å²) >= 11 is 0. The number of likely N-dealkylation sites (tertiary alicyclic amines) is 2. The van der Waals surface area contributed by atoms with Gasteiger partial charge in [-0.25, -0.2) is 0 Å². The Hall–Kier alpha value is -9.92. The Morgan fingerprint density at radius 2 is 0.761 bits per heavy atom. The zero-order valence-corrected chi connectivity index (χ0v) is 67.5. The lowest BCUT2D eigenvalue weighted by Crippen LogP contribution is -2.53. The zero-order valence-electron chi connectivity index (χ0n) is 67.5. The minimum Gasteiger partial charge on any atom is -0.496 e. The number of nitrogens with one attached hydrogen (secondary N) is 9. The summed E-state index contributed by atoms with van der Waals surface area (Å²) in [5, 5.41) is 40.1. The molecule has 2 unspecified atom stereocenters. The van der Waals surface area contributed by atoms with Crippen molar-refractivity contribution in [3.8, 4) is 29.4 Å². The number of carbonyl (C=O) groups is 10. The molecular formula is C87H119N13O13. The Balaban J connectivity index is 0.000000189. The van der Waals surface area contributed by atoms with E-state index < -0.39 is 48.0 Å². The van der Waals surface area contributed by atoms with Gasteiger partial charge in [0.15, 0.2) is 17.3 Å². The highest BCUT2D eigenvalue weighted by atomic mass is 16.5. The van der Waals surface area contributed by atoms with Crippen LogP contribution in [-0.2, 0) is 33.6 Å². The van der Waals surface area contributed by atoms with Gasteiger partial charge in [0.25, 0.3) is 0 Å². The van der Waals surface area contributed by atoms with Gasteiger partial charge in [0.05, 0.1) is 68.7 Å². The number of benzene rings is 3. The summed E-state index contributed by atoms with van der Waals surface area (Å²) in [5.74, 6) is -1.21. The first-order valence-corrected chi connectivity index (χ1v) is 41.0. The van der Waals surface area contributed by atoms with Gasteiger partial charge in [-0.15, -0.1) is 0 Å². The lowest BCUT2D eigenvalue weighted by Gasteiger charge is -2.32. The molecule has 5 saturated heterocycles. The summed E-state index contributed by atoms with van der Waals surface area (Å²) in [6.07, 6.45) is 17.1. The molecule has 0 spiro atoms. The van der Waals surface area contributed by atoms with Gasteiger partial charge in [-0.05, 0) is 182 Å². The van der Waals surface area contributed by atoms with Crippen LogP contribution >= 0.6 is 0 Å². The number of nitriles is 2. The van der Waals surface area contributed by atoms with Gasteiger partial charge in [0.2, 0.25) is 35.4 Å². The van der Waals surface area contributed by atoms with Crippen molar-refractivity contribution in [1.82, 2.24) is 56.7 Å². The Kier molecular flexibility index (Phi) is 33.0. The fourth-order valence-electron chi connectivity index (χ4n) is 16.8. The maximum Gasteiger partial charge on any atom is 0.224 e. The summed E-state index contributed by atoms with van der Waals surface area (Å²) in [6, 6.07) is 24.1. The van der Waals surface area contributed by atoms with Crippen LogP contribution in [0.4, 0.5) is 0 Å². The van der Waals surface area contributed by atoms with Crippen LogP contribution in [0, 0.1) is 75.9 Å². The number of amides is 6. The highest BCUT2D eigenvalue weighted by Gasteiger charge is 2.40. The van der Waals surface area contributed by atoms with Crippen molar-refractivity contribution in [3.05, 3.63) is 89.9 Å². The Morgan fingerprint density at radius 1 is 0.460 bits per heavy atom. The van der Waals surface area contributed by atoms with E-state index in [1.54, 1.807) is 39.5 Å². The van der Waals surface area contributed by atoms with Crippen LogP contribution in [0.3, 0.4) is 0 Å². The molecule has 6 aromatic rings. The fraction of sp³-hybridized carbons (Fsp3) is 0.586. The predicted molar refractivity (Wildman–Crippen MR) is 433 cm³/mol. The molecule has 6 aliphatic rings. The van der Waals surface area contributed by atoms with Crippen molar-refractivity contribution >= 4 is 91.8 Å². The average Bonchev–Trinajstić information content (AvgIpc) is 1.67. The molecule has 6 amide bonds. The quantitative estimate of drug-likeness (QED) is 0.0132. The number of nitrogens with zero attached hydrogens (tertiary/aromatic N) is 4. The minimum absolute atomic E-state index is 0.0225. The van der Waals surface area contributed by atoms with Crippen molar-refractivity contribution in [2.75, 3.05) is 67.1 Å². The highest BCUT2D eigenvalue weighted by Crippen LogP contribution is 2.34. The molecule has 5 aliphatic heterocycles. The summed E-state index contributed by atoms with van der Waals surface area (Å²) in [7, 11) is 4.76. The smallest absolute Gasteiger partial charge is 0.224 e. The van der Waals surface area contributed by atoms with Crippen LogP contribution in [0.2, 0.25) is 0 Å². The number of hydrogen-bond acceptors (Lipinski definition) is 17. The Bertz CT molecular complexity index is 4120. The standard InChI is InChI=1S/2C29H39N5O4.C24H31N3O5.C5H10/c2*1-18(2)13-20(15-26(35)24-16-21-22(32-24)7-6-8-27(21)38-3)29(37)33-23(14-19-9-10-31-28(19)36)25(17-30)34-11-4-5-12-34;1-14(2)9-16(24(31)26-17(13-28)10-15-7-8-25-23(15)30)11-21(29)20-12-18-19(27-20)5-4-6-22(18)32-3;1-2-4-5-3-1/h2*6-8,16,18-20,23,25,32H,4-5,9-15H2,1-3H3,(H,31,36)(H,33,37);4-6,12-17,27H,7-11H2,1-3H3,(H,25,30)(H,26,31);1-5H2/t2*19-,20+,23-,25?;15-,16+,17-;/m000./s1. The summed E-state index contributed by atoms with van der Waals surface area (Å²) < 4.78 is 16.2. The van der Waals surface area contributed by atoms with Gasteiger partial charge < -0.3 is 65.9 Å². The van der Waals surface area contributed by atoms with Crippen molar-refractivity contribution < 1.29 is 62.2 Å². The van der Waals surface area contributed by atoms with E-state index in [0.717, 1.165) is 84.6 Å². The molecule has 8 heterocycles. The largest absolute Gasteiger partial charge is 0.496 e. The summed E-state index contributed by atoms with van der Waals surface area (Å²) in [4.78, 5) is 142. The van der Waals surface area contributed by atoms with E-state index in [4.69, 9.17) is 14.2 Å². The SMILES string of the molecule is C1CCCC1.COc1cccc2[nH]c(C(=O)C[C@@H](CC(C)C)C(=O)N[C@@H](C[C@@H]3CCNC3=O)C(C#N)N3CCCC3)cc12.COc1cccc2[nH]c(C(=O)C[C@@H](CC(C)C)C(=O)N[C@@H](C[C@@H]3CCNC3=O)C(C#N)N3CCCC3)cc12.COc1cccc2[nH]c(C(=O)C[C@@H](CC(C)C)C(=O)N[C@H](C=O)C[C@@H]3CCNC3=O)cc12. The molecule has 1 saturated carbocycles. The van der Waals surface area contributed by atoms with Gasteiger partial charge >= 0.3 is 0 Å². The molecule has 26 heteroatoms. The fourth-order valence-corrected chi connectivity index (χ4v) is 16.8. The molecule has 6 fully saturated rings. The topological polar surface area (TPSA) is 372 Å². The van der Waals surface area contributed by atoms with Crippen molar-refractivity contribution in [1.29, 1.82) is 10.5 Å². The number of aromatic nitrogens is 3. The molecule has 0 radical (unpaired) electrons. The maximum absolute atomic E-state index is 13.7. The Morgan fingerprint density at radius 3 is 1.03 bits per heavy atom. The van der Waals surface area contributed by atoms with Gasteiger partial charge in [-0.3, -0.25) is 53.0 Å². The van der Waals surface area contributed by atoms with Gasteiger partial charge in [-0.2, -0.15) is 10.5 Å². The van der Waals surface area contributed by atoms with Crippen LogP contribution in [0.5, 0.6) is 17.2 Å². The molecule has 11 atom stereocenters. The van der Waals surface area contributed by atoms with E-state index in [0.29, 0.717) is 112 Å². The normalized spacial score (nSPS) is 19.7. The van der Waals surface area contributed by atoms with E-state index in [2.05, 4.69) is 68.8 Å². The second kappa shape index (κ2) is 42.8. The third-order valence-electron chi connectivity index (χ3n) is 22.7. The second-order valence-electron chi connectivity index (χ2n) is 32.6. The van der Waals surface area contributed by atoms with E-state index >= 15 is 0 Å². The molecule has 113 heavy (non-hydrogen) atoms. The van der Waals surface area contributed by atoms with E-state index in [1.165, 1.54) is 32.1 Å². The monoisotopic (exact) mass is 1550 g/mol. The number of fused-ring (bicyclic) bond motifs is 3. The zero-order chi connectivity index (χ0) is 81.3. The van der Waals surface area contributed by atoms with E-state index in [1.807, 2.05) is 96.1 Å². The summed E-state index contributed by atoms with van der Waals surface area (Å²) in [6.45, 7) is 17.1. The molecular weight excluding hydrogens is 1440 g/mol. The molecule has 12 rings (SSSR count). The first kappa shape index (κ1) is 87.1. The maximum atomic E-state index is 13.7. The third kappa shape index (κ3) is 24.3. The van der Waals surface area contributed by atoms with Crippen LogP contribution in [0.15, 0.2) is 72.8 Å². The summed E-state index contributed by atoms with van der Waals surface area (Å²) in [5.41, 5.74) is 3.69. The molecule has 9 N–H and O–H groups in total. The first-order valence-electron chi connectivity index (χ1n) is 41.0. The molecule has 3 aromatic carbocycles. The number of ether oxygens (including phenoxy) is 3. The van der Waals surface area contributed by atoms with Crippen LogP contribution in [-0.4, -0.2) is 181 Å². The number of hydrogen-bond donors (Lipinski definition) is 9. The highest BCUT2D eigenvalue weighted by molar-refractivity contribution is 6.05. The number of aldehydes is 1. The van der Waals surface area contributed by atoms with Crippen molar-refractivity contribution in [3.63, 3.8) is 0 Å². The van der Waals surface area contributed by atoms with Crippen LogP contribution in [0.1, 0.15) is 208 Å². The number of Topliss-reactive ketones (excluding diaryl/α,β-unsaturated/α-hetero) is 3. The Labute approximate surface area is 664 Å². The molecule has 0 bridgehead atoms. The van der Waals surface area contributed by atoms with E-state index in [9.17, 15) is 58.5 Å². The van der Waals surface area contributed by atoms with Gasteiger partial charge in [0, 0.05) is 107 Å². The van der Waals surface area contributed by atoms with E-state index in [-0.39, 0.29) is 114 Å². The number of rotatable bonds is 35. The second-order valence-corrected chi connectivity index (χ2v) is 32.6. The van der Waals surface area contributed by atoms with Gasteiger partial charge in [-0.1, -0.05) is 91.8 Å². The van der Waals surface area contributed by atoms with Crippen LogP contribution in [0.25, 0.3) is 32.7 Å². The molecule has 26 nitrogen and oxygen atoms in total. The number of H-pyrrole nitrogens is 3.